The summed E-state index contributed by atoms with van der Waals surface area (Å²) in [5, 5.41) is 4.81. The fourth-order valence-corrected chi connectivity index (χ4v) is 5.03. The van der Waals surface area contributed by atoms with E-state index in [0.29, 0.717) is 6.42 Å². The molecular weight excluding hydrogens is 380 g/mol. The standard InChI is InChI=1S/C28H22N2O/c31-25-10-4-8-22-26-21-9-5-17-29-23(21)15-16-24(26)30-28(27(22)25)20-13-11-19(12-14-20)18-6-2-1-3-7-18/h1-3,5-7,9,11-17,28,30H,4,8,10H2/t28-/m0/s1. The van der Waals surface area contributed by atoms with Crippen LogP contribution in [0.25, 0.3) is 27.6 Å². The lowest BCUT2D eigenvalue weighted by Gasteiger charge is -2.35. The zero-order chi connectivity index (χ0) is 20.8. The molecule has 1 aromatic heterocycles. The second kappa shape index (κ2) is 7.21. The van der Waals surface area contributed by atoms with Crippen LogP contribution in [0.15, 0.2) is 90.6 Å². The molecule has 0 saturated carbocycles. The van der Waals surface area contributed by atoms with Crippen LogP contribution in [0.2, 0.25) is 0 Å². The van der Waals surface area contributed by atoms with Crippen molar-refractivity contribution in [2.75, 3.05) is 5.32 Å². The van der Waals surface area contributed by atoms with E-state index in [1.54, 1.807) is 0 Å². The zero-order valence-corrected chi connectivity index (χ0v) is 17.1. The van der Waals surface area contributed by atoms with Gasteiger partial charge in [0.25, 0.3) is 0 Å². The maximum Gasteiger partial charge on any atom is 0.161 e. The molecule has 0 unspecified atom stereocenters. The highest BCUT2D eigenvalue weighted by atomic mass is 16.1. The van der Waals surface area contributed by atoms with Gasteiger partial charge in [-0.05, 0) is 53.3 Å². The molecular formula is C28H22N2O. The fourth-order valence-electron chi connectivity index (χ4n) is 5.03. The smallest absolute Gasteiger partial charge is 0.161 e. The van der Waals surface area contributed by atoms with E-state index in [-0.39, 0.29) is 11.8 Å². The molecule has 3 aromatic carbocycles. The predicted octanol–water partition coefficient (Wildman–Crippen LogP) is 6.58. The highest BCUT2D eigenvalue weighted by Crippen LogP contribution is 2.47. The van der Waals surface area contributed by atoms with Crippen molar-refractivity contribution in [2.45, 2.75) is 25.3 Å². The Hall–Kier alpha value is -3.72. The van der Waals surface area contributed by atoms with Gasteiger partial charge in [-0.25, -0.2) is 0 Å². The summed E-state index contributed by atoms with van der Waals surface area (Å²) in [6, 6.07) is 27.1. The molecule has 0 bridgehead atoms. The van der Waals surface area contributed by atoms with E-state index in [1.165, 1.54) is 16.7 Å². The monoisotopic (exact) mass is 402 g/mol. The number of nitrogens with zero attached hydrogens (tertiary/aromatic N) is 1. The van der Waals surface area contributed by atoms with Gasteiger partial charge in [-0.15, -0.1) is 0 Å². The molecule has 1 atom stereocenters. The minimum absolute atomic E-state index is 0.116. The number of hydrogen-bond acceptors (Lipinski definition) is 3. The van der Waals surface area contributed by atoms with Gasteiger partial charge in [0, 0.05) is 34.8 Å². The van der Waals surface area contributed by atoms with Crippen LogP contribution in [-0.4, -0.2) is 10.8 Å². The molecule has 150 valence electrons. The summed E-state index contributed by atoms with van der Waals surface area (Å²) in [4.78, 5) is 17.7. The first-order valence-corrected chi connectivity index (χ1v) is 10.9. The van der Waals surface area contributed by atoms with Crippen LogP contribution in [0.5, 0.6) is 0 Å². The van der Waals surface area contributed by atoms with Crippen molar-refractivity contribution >= 4 is 27.9 Å². The number of Topliss-reactive ketones (excluding diaryl/α,β-unsaturated/α-hetero) is 1. The maximum absolute atomic E-state index is 13.1. The van der Waals surface area contributed by atoms with E-state index in [4.69, 9.17) is 0 Å². The summed E-state index contributed by atoms with van der Waals surface area (Å²) in [6.45, 7) is 0. The summed E-state index contributed by atoms with van der Waals surface area (Å²) in [6.07, 6.45) is 4.29. The van der Waals surface area contributed by atoms with Crippen molar-refractivity contribution in [2.24, 2.45) is 0 Å². The molecule has 31 heavy (non-hydrogen) atoms. The Kier molecular flexibility index (Phi) is 4.20. The Labute approximate surface area is 181 Å². The van der Waals surface area contributed by atoms with Crippen molar-refractivity contribution < 1.29 is 4.79 Å². The molecule has 0 spiro atoms. The van der Waals surface area contributed by atoms with Crippen LogP contribution in [0, 0.1) is 0 Å². The highest BCUT2D eigenvalue weighted by Gasteiger charge is 2.34. The van der Waals surface area contributed by atoms with Crippen LogP contribution < -0.4 is 5.32 Å². The van der Waals surface area contributed by atoms with E-state index < -0.39 is 0 Å². The molecule has 0 fully saturated rings. The van der Waals surface area contributed by atoms with Gasteiger partial charge >= 0.3 is 0 Å². The number of aromatic nitrogens is 1. The van der Waals surface area contributed by atoms with Gasteiger partial charge in [0.15, 0.2) is 5.78 Å². The van der Waals surface area contributed by atoms with Crippen molar-refractivity contribution in [3.05, 3.63) is 102 Å². The van der Waals surface area contributed by atoms with Crippen LogP contribution in [-0.2, 0) is 4.79 Å². The number of anilines is 1. The van der Waals surface area contributed by atoms with Crippen LogP contribution in [0.3, 0.4) is 0 Å². The Bertz CT molecular complexity index is 1340. The van der Waals surface area contributed by atoms with E-state index in [9.17, 15) is 4.79 Å². The Morgan fingerprint density at radius 1 is 0.806 bits per heavy atom. The molecule has 3 heteroatoms. The molecule has 3 nitrogen and oxygen atoms in total. The molecule has 1 aliphatic carbocycles. The fraction of sp³-hybridized carbons (Fsp3) is 0.143. The first-order chi connectivity index (χ1) is 15.3. The van der Waals surface area contributed by atoms with Crippen LogP contribution in [0.4, 0.5) is 5.69 Å². The van der Waals surface area contributed by atoms with Crippen LogP contribution in [0.1, 0.15) is 36.4 Å². The molecule has 0 saturated heterocycles. The summed E-state index contributed by atoms with van der Waals surface area (Å²) in [5.41, 5.74) is 8.85. The number of carbonyl (C=O) groups excluding carboxylic acids is 1. The van der Waals surface area contributed by atoms with Gasteiger partial charge < -0.3 is 5.32 Å². The van der Waals surface area contributed by atoms with E-state index in [2.05, 4.69) is 77.0 Å². The van der Waals surface area contributed by atoms with Gasteiger partial charge in [-0.2, -0.15) is 0 Å². The summed E-state index contributed by atoms with van der Waals surface area (Å²) < 4.78 is 0. The lowest BCUT2D eigenvalue weighted by molar-refractivity contribution is -0.116. The average molecular weight is 402 g/mol. The Morgan fingerprint density at radius 2 is 1.61 bits per heavy atom. The van der Waals surface area contributed by atoms with Gasteiger partial charge in [0.05, 0.1) is 11.6 Å². The summed E-state index contributed by atoms with van der Waals surface area (Å²) in [7, 11) is 0. The quantitative estimate of drug-likeness (QED) is 0.412. The van der Waals surface area contributed by atoms with Crippen molar-refractivity contribution in [1.29, 1.82) is 0 Å². The average Bonchev–Trinajstić information content (AvgIpc) is 2.84. The van der Waals surface area contributed by atoms with Crippen molar-refractivity contribution in [3.63, 3.8) is 0 Å². The van der Waals surface area contributed by atoms with Crippen molar-refractivity contribution in [3.8, 4) is 11.1 Å². The largest absolute Gasteiger partial charge is 0.373 e. The van der Waals surface area contributed by atoms with Crippen molar-refractivity contribution in [1.82, 2.24) is 4.98 Å². The van der Waals surface area contributed by atoms with Gasteiger partial charge in [-0.3, -0.25) is 9.78 Å². The molecule has 6 rings (SSSR count). The first kappa shape index (κ1) is 18.1. The minimum Gasteiger partial charge on any atom is -0.373 e. The van der Waals surface area contributed by atoms with E-state index in [0.717, 1.165) is 46.1 Å². The molecule has 0 amide bonds. The lowest BCUT2D eigenvalue weighted by atomic mass is 9.77. The molecule has 0 radical (unpaired) electrons. The van der Waals surface area contributed by atoms with Gasteiger partial charge in [0.1, 0.15) is 0 Å². The molecule has 1 aliphatic heterocycles. The number of ketones is 1. The third-order valence-electron chi connectivity index (χ3n) is 6.48. The molecule has 2 aliphatic rings. The first-order valence-electron chi connectivity index (χ1n) is 10.9. The predicted molar refractivity (Wildman–Crippen MR) is 126 cm³/mol. The number of benzene rings is 3. The molecule has 1 N–H and O–H groups in total. The topological polar surface area (TPSA) is 42.0 Å². The number of pyridine rings is 1. The number of rotatable bonds is 2. The minimum atomic E-state index is -0.116. The summed E-state index contributed by atoms with van der Waals surface area (Å²) in [5.74, 6) is 0.262. The third kappa shape index (κ3) is 2.97. The Balaban J connectivity index is 1.49. The second-order valence-corrected chi connectivity index (χ2v) is 8.29. The van der Waals surface area contributed by atoms with Gasteiger partial charge in [-0.1, -0.05) is 60.7 Å². The molecule has 4 aromatic rings. The maximum atomic E-state index is 13.1. The van der Waals surface area contributed by atoms with E-state index in [1.807, 2.05) is 18.3 Å². The summed E-state index contributed by atoms with van der Waals surface area (Å²) >= 11 is 0. The van der Waals surface area contributed by atoms with E-state index >= 15 is 0 Å². The number of nitrogens with one attached hydrogen (secondary N) is 1. The number of carbonyl (C=O) groups is 1. The number of allylic oxidation sites excluding steroid dienone is 1. The normalized spacial score (nSPS) is 17.8. The molecule has 2 heterocycles. The Morgan fingerprint density at radius 3 is 2.45 bits per heavy atom. The second-order valence-electron chi connectivity index (χ2n) is 8.29. The zero-order valence-electron chi connectivity index (χ0n) is 17.1. The number of fused-ring (bicyclic) bond motifs is 4. The third-order valence-corrected chi connectivity index (χ3v) is 6.48. The highest BCUT2D eigenvalue weighted by molar-refractivity contribution is 6.12. The number of hydrogen-bond donors (Lipinski definition) is 1. The SMILES string of the molecule is O=C1CCCC2=C1[C@H](c1ccc(-c3ccccc3)cc1)Nc1ccc3ncccc3c12. The van der Waals surface area contributed by atoms with Gasteiger partial charge in [0.2, 0.25) is 0 Å². The lowest BCUT2D eigenvalue weighted by Crippen LogP contribution is -2.27. The van der Waals surface area contributed by atoms with Crippen LogP contribution >= 0.6 is 0 Å².